The number of amides is 3. The van der Waals surface area contributed by atoms with E-state index in [0.29, 0.717) is 18.7 Å². The summed E-state index contributed by atoms with van der Waals surface area (Å²) < 4.78 is 0. The first-order valence-electron chi connectivity index (χ1n) is 7.44. The van der Waals surface area contributed by atoms with Gasteiger partial charge in [0, 0.05) is 31.6 Å². The Morgan fingerprint density at radius 3 is 2.36 bits per heavy atom. The number of benzene rings is 1. The third-order valence-corrected chi connectivity index (χ3v) is 3.75. The maximum absolute atomic E-state index is 11.9. The average molecular weight is 303 g/mol. The Hall–Kier alpha value is -2.37. The number of likely N-dealkylation sites (tertiary alicyclic amines) is 1. The molecule has 1 aliphatic heterocycles. The Balaban J connectivity index is 1.70. The largest absolute Gasteiger partial charge is 0.352 e. The Morgan fingerprint density at radius 2 is 1.77 bits per heavy atom. The summed E-state index contributed by atoms with van der Waals surface area (Å²) in [5.41, 5.74) is 0.532. The number of carbonyl (C=O) groups is 3. The summed E-state index contributed by atoms with van der Waals surface area (Å²) in [4.78, 5) is 36.7. The number of piperidine rings is 1. The second-order valence-electron chi connectivity index (χ2n) is 5.40. The van der Waals surface area contributed by atoms with E-state index in [4.69, 9.17) is 0 Å². The fraction of sp³-hybridized carbons (Fsp3) is 0.438. The second kappa shape index (κ2) is 7.59. The molecule has 0 aliphatic carbocycles. The molecule has 2 rings (SSSR count). The quantitative estimate of drug-likeness (QED) is 0.852. The van der Waals surface area contributed by atoms with Crippen molar-refractivity contribution in [1.82, 2.24) is 15.5 Å². The normalized spacial score (nSPS) is 15.2. The smallest absolute Gasteiger partial charge is 0.251 e. The topological polar surface area (TPSA) is 78.5 Å². The van der Waals surface area contributed by atoms with E-state index >= 15 is 0 Å². The minimum atomic E-state index is -0.262. The van der Waals surface area contributed by atoms with Crippen LogP contribution in [0, 0.1) is 0 Å². The molecule has 0 bridgehead atoms. The van der Waals surface area contributed by atoms with Gasteiger partial charge in [-0.2, -0.15) is 0 Å². The first-order chi connectivity index (χ1) is 10.6. The fourth-order valence-electron chi connectivity index (χ4n) is 2.47. The molecule has 1 fully saturated rings. The molecule has 1 aromatic carbocycles. The number of rotatable bonds is 4. The van der Waals surface area contributed by atoms with Crippen molar-refractivity contribution < 1.29 is 14.4 Å². The third kappa shape index (κ3) is 4.58. The molecule has 3 amide bonds. The minimum absolute atomic E-state index is 0.0410. The van der Waals surface area contributed by atoms with E-state index < -0.39 is 0 Å². The molecule has 0 aromatic heterocycles. The lowest BCUT2D eigenvalue weighted by atomic mass is 10.1. The number of carbonyl (C=O) groups excluding carboxylic acids is 3. The highest BCUT2D eigenvalue weighted by molar-refractivity contribution is 5.96. The SMILES string of the molecule is CC(=O)N1CCC(NC(=O)CNC(=O)c2ccccc2)CC1. The van der Waals surface area contributed by atoms with E-state index in [0.717, 1.165) is 12.8 Å². The lowest BCUT2D eigenvalue weighted by Crippen LogP contribution is -2.48. The second-order valence-corrected chi connectivity index (χ2v) is 5.40. The summed E-state index contributed by atoms with van der Waals surface area (Å²) in [6.07, 6.45) is 1.50. The van der Waals surface area contributed by atoms with Crippen molar-refractivity contribution in [3.8, 4) is 0 Å². The monoisotopic (exact) mass is 303 g/mol. The molecule has 1 aliphatic rings. The van der Waals surface area contributed by atoms with Gasteiger partial charge in [-0.3, -0.25) is 14.4 Å². The van der Waals surface area contributed by atoms with Gasteiger partial charge in [0.25, 0.3) is 5.91 Å². The van der Waals surface area contributed by atoms with Gasteiger partial charge in [0.2, 0.25) is 11.8 Å². The molecular weight excluding hydrogens is 282 g/mol. The van der Waals surface area contributed by atoms with Crippen LogP contribution < -0.4 is 10.6 Å². The molecule has 6 heteroatoms. The summed E-state index contributed by atoms with van der Waals surface area (Å²) >= 11 is 0. The number of hydrogen-bond acceptors (Lipinski definition) is 3. The van der Waals surface area contributed by atoms with E-state index in [-0.39, 0.29) is 30.3 Å². The van der Waals surface area contributed by atoms with Crippen molar-refractivity contribution in [2.75, 3.05) is 19.6 Å². The van der Waals surface area contributed by atoms with Crippen LogP contribution in [0.5, 0.6) is 0 Å². The van der Waals surface area contributed by atoms with Crippen molar-refractivity contribution in [3.63, 3.8) is 0 Å². The Labute approximate surface area is 129 Å². The molecule has 118 valence electrons. The van der Waals surface area contributed by atoms with Gasteiger partial charge in [-0.1, -0.05) is 18.2 Å². The summed E-state index contributed by atoms with van der Waals surface area (Å²) in [7, 11) is 0. The Kier molecular flexibility index (Phi) is 5.52. The molecule has 1 saturated heterocycles. The molecule has 0 radical (unpaired) electrons. The number of nitrogens with zero attached hydrogens (tertiary/aromatic N) is 1. The zero-order valence-corrected chi connectivity index (χ0v) is 12.7. The zero-order valence-electron chi connectivity index (χ0n) is 12.7. The summed E-state index contributed by atoms with van der Waals surface area (Å²) in [6.45, 7) is 2.84. The van der Waals surface area contributed by atoms with Gasteiger partial charge in [0.05, 0.1) is 6.54 Å². The van der Waals surface area contributed by atoms with Gasteiger partial charge in [-0.15, -0.1) is 0 Å². The van der Waals surface area contributed by atoms with E-state index in [9.17, 15) is 14.4 Å². The van der Waals surface area contributed by atoms with Crippen LogP contribution in [0.25, 0.3) is 0 Å². The molecule has 0 saturated carbocycles. The zero-order chi connectivity index (χ0) is 15.9. The highest BCUT2D eigenvalue weighted by Crippen LogP contribution is 2.10. The van der Waals surface area contributed by atoms with E-state index in [1.165, 1.54) is 0 Å². The molecule has 6 nitrogen and oxygen atoms in total. The molecular formula is C16H21N3O3. The van der Waals surface area contributed by atoms with Crippen LogP contribution in [0.3, 0.4) is 0 Å². The number of hydrogen-bond donors (Lipinski definition) is 2. The fourth-order valence-corrected chi connectivity index (χ4v) is 2.47. The molecule has 0 spiro atoms. The highest BCUT2D eigenvalue weighted by atomic mass is 16.2. The van der Waals surface area contributed by atoms with Gasteiger partial charge in [0.1, 0.15) is 0 Å². The van der Waals surface area contributed by atoms with Gasteiger partial charge >= 0.3 is 0 Å². The van der Waals surface area contributed by atoms with Crippen LogP contribution in [0.15, 0.2) is 30.3 Å². The molecule has 1 aromatic rings. The van der Waals surface area contributed by atoms with Gasteiger partial charge in [-0.05, 0) is 25.0 Å². The van der Waals surface area contributed by atoms with Gasteiger partial charge in [-0.25, -0.2) is 0 Å². The van der Waals surface area contributed by atoms with Gasteiger partial charge in [0.15, 0.2) is 0 Å². The summed E-state index contributed by atoms with van der Waals surface area (Å²) in [6, 6.07) is 8.85. The van der Waals surface area contributed by atoms with Crippen LogP contribution in [0.4, 0.5) is 0 Å². The first-order valence-corrected chi connectivity index (χ1v) is 7.44. The first kappa shape index (κ1) is 16.0. The predicted octanol–water partition coefficient (Wildman–Crippen LogP) is 0.544. The molecule has 22 heavy (non-hydrogen) atoms. The Morgan fingerprint density at radius 1 is 1.14 bits per heavy atom. The maximum Gasteiger partial charge on any atom is 0.251 e. The number of nitrogens with one attached hydrogen (secondary N) is 2. The molecule has 0 unspecified atom stereocenters. The summed E-state index contributed by atoms with van der Waals surface area (Å²) in [5, 5.41) is 5.49. The van der Waals surface area contributed by atoms with Crippen molar-refractivity contribution in [2.45, 2.75) is 25.8 Å². The predicted molar refractivity (Wildman–Crippen MR) is 82.2 cm³/mol. The van der Waals surface area contributed by atoms with Crippen LogP contribution in [-0.4, -0.2) is 48.3 Å². The summed E-state index contributed by atoms with van der Waals surface area (Å²) in [5.74, 6) is -0.396. The van der Waals surface area contributed by atoms with Gasteiger partial charge < -0.3 is 15.5 Å². The van der Waals surface area contributed by atoms with Crippen molar-refractivity contribution in [2.24, 2.45) is 0 Å². The van der Waals surface area contributed by atoms with E-state index in [1.807, 2.05) is 6.07 Å². The minimum Gasteiger partial charge on any atom is -0.352 e. The maximum atomic E-state index is 11.9. The van der Waals surface area contributed by atoms with Crippen molar-refractivity contribution >= 4 is 17.7 Å². The third-order valence-electron chi connectivity index (χ3n) is 3.75. The van der Waals surface area contributed by atoms with Crippen LogP contribution in [-0.2, 0) is 9.59 Å². The molecule has 2 N–H and O–H groups in total. The standard InChI is InChI=1S/C16H21N3O3/c1-12(20)19-9-7-14(8-10-19)18-15(21)11-17-16(22)13-5-3-2-4-6-13/h2-6,14H,7-11H2,1H3,(H,17,22)(H,18,21). The van der Waals surface area contributed by atoms with E-state index in [2.05, 4.69) is 10.6 Å². The van der Waals surface area contributed by atoms with Crippen molar-refractivity contribution in [3.05, 3.63) is 35.9 Å². The van der Waals surface area contributed by atoms with Crippen LogP contribution in [0.2, 0.25) is 0 Å². The average Bonchev–Trinajstić information content (AvgIpc) is 2.54. The van der Waals surface area contributed by atoms with Crippen LogP contribution >= 0.6 is 0 Å². The van der Waals surface area contributed by atoms with Crippen LogP contribution in [0.1, 0.15) is 30.1 Å². The van der Waals surface area contributed by atoms with Crippen molar-refractivity contribution in [1.29, 1.82) is 0 Å². The molecule has 0 atom stereocenters. The lowest BCUT2D eigenvalue weighted by Gasteiger charge is -2.31. The lowest BCUT2D eigenvalue weighted by molar-refractivity contribution is -0.130. The Bertz CT molecular complexity index is 537. The van der Waals surface area contributed by atoms with E-state index in [1.54, 1.807) is 36.1 Å². The highest BCUT2D eigenvalue weighted by Gasteiger charge is 2.21. The molecule has 1 heterocycles.